The molecular formula is C17H22ClN5O. The fourth-order valence-electron chi connectivity index (χ4n) is 4.04. The third-order valence-electron chi connectivity index (χ3n) is 5.33. The molecule has 0 N–H and O–H groups in total. The van der Waals surface area contributed by atoms with Gasteiger partial charge in [0.1, 0.15) is 5.15 Å². The lowest BCUT2D eigenvalue weighted by molar-refractivity contribution is -0.133. The second-order valence-corrected chi connectivity index (χ2v) is 7.36. The highest BCUT2D eigenvalue weighted by Crippen LogP contribution is 2.50. The van der Waals surface area contributed by atoms with Gasteiger partial charge in [-0.05, 0) is 37.7 Å². The molecule has 128 valence electrons. The number of rotatable bonds is 3. The van der Waals surface area contributed by atoms with E-state index in [1.807, 2.05) is 38.3 Å². The summed E-state index contributed by atoms with van der Waals surface area (Å²) in [5, 5.41) is 9.28. The summed E-state index contributed by atoms with van der Waals surface area (Å²) in [6.45, 7) is 2.78. The van der Waals surface area contributed by atoms with Crippen LogP contribution in [0.4, 0.5) is 0 Å². The SMILES string of the molecule is Cc1nn(C)c(Cl)c1[C@@H]1CCCN1C(=O)[C@H]1C[C@@H]1c1cnn(C)c1. The van der Waals surface area contributed by atoms with Gasteiger partial charge in [0.25, 0.3) is 0 Å². The maximum absolute atomic E-state index is 13.0. The molecule has 3 heterocycles. The van der Waals surface area contributed by atoms with Crippen molar-refractivity contribution in [3.63, 3.8) is 0 Å². The predicted octanol–water partition coefficient (Wildman–Crippen LogP) is 2.58. The van der Waals surface area contributed by atoms with E-state index < -0.39 is 0 Å². The Labute approximate surface area is 146 Å². The number of carbonyl (C=O) groups excluding carboxylic acids is 1. The van der Waals surface area contributed by atoms with E-state index in [2.05, 4.69) is 10.2 Å². The molecule has 0 spiro atoms. The first-order valence-electron chi connectivity index (χ1n) is 8.45. The van der Waals surface area contributed by atoms with Gasteiger partial charge in [-0.15, -0.1) is 0 Å². The number of aromatic nitrogens is 4. The minimum Gasteiger partial charge on any atom is -0.335 e. The monoisotopic (exact) mass is 347 g/mol. The van der Waals surface area contributed by atoms with E-state index in [1.54, 1.807) is 9.36 Å². The number of nitrogens with zero attached hydrogens (tertiary/aromatic N) is 5. The summed E-state index contributed by atoms with van der Waals surface area (Å²) in [5.41, 5.74) is 3.11. The van der Waals surface area contributed by atoms with E-state index in [9.17, 15) is 4.79 Å². The zero-order valence-electron chi connectivity index (χ0n) is 14.2. The van der Waals surface area contributed by atoms with Crippen LogP contribution in [0.15, 0.2) is 12.4 Å². The van der Waals surface area contributed by atoms with Crippen LogP contribution in [-0.4, -0.2) is 36.9 Å². The molecule has 0 radical (unpaired) electrons. The van der Waals surface area contributed by atoms with Gasteiger partial charge >= 0.3 is 0 Å². The number of likely N-dealkylation sites (tertiary alicyclic amines) is 1. The fraction of sp³-hybridized carbons (Fsp3) is 0.588. The fourth-order valence-corrected chi connectivity index (χ4v) is 4.34. The number of carbonyl (C=O) groups is 1. The van der Waals surface area contributed by atoms with Gasteiger partial charge in [0.05, 0.1) is 17.9 Å². The summed E-state index contributed by atoms with van der Waals surface area (Å²) < 4.78 is 3.50. The average Bonchev–Trinajstić information content (AvgIpc) is 2.84. The topological polar surface area (TPSA) is 56.0 Å². The van der Waals surface area contributed by atoms with Gasteiger partial charge in [-0.3, -0.25) is 14.2 Å². The summed E-state index contributed by atoms with van der Waals surface area (Å²) in [5.74, 6) is 0.661. The zero-order chi connectivity index (χ0) is 17.0. The summed E-state index contributed by atoms with van der Waals surface area (Å²) in [6, 6.07) is 0.0637. The van der Waals surface area contributed by atoms with Crippen LogP contribution in [0.5, 0.6) is 0 Å². The molecule has 2 aliphatic rings. The van der Waals surface area contributed by atoms with Crippen molar-refractivity contribution >= 4 is 17.5 Å². The lowest BCUT2D eigenvalue weighted by atomic mass is 10.1. The summed E-state index contributed by atoms with van der Waals surface area (Å²) >= 11 is 6.44. The molecule has 2 fully saturated rings. The maximum atomic E-state index is 13.0. The Balaban J connectivity index is 1.54. The van der Waals surface area contributed by atoms with Crippen LogP contribution in [0.1, 0.15) is 48.0 Å². The molecule has 4 rings (SSSR count). The smallest absolute Gasteiger partial charge is 0.226 e. The van der Waals surface area contributed by atoms with Gasteiger partial charge in [-0.1, -0.05) is 11.6 Å². The molecule has 6 nitrogen and oxygen atoms in total. The Morgan fingerprint density at radius 2 is 2.17 bits per heavy atom. The maximum Gasteiger partial charge on any atom is 0.226 e. The number of amides is 1. The van der Waals surface area contributed by atoms with E-state index in [4.69, 9.17) is 11.6 Å². The first-order chi connectivity index (χ1) is 11.5. The molecule has 1 amide bonds. The van der Waals surface area contributed by atoms with Crippen LogP contribution in [0.2, 0.25) is 5.15 Å². The molecule has 7 heteroatoms. The van der Waals surface area contributed by atoms with E-state index in [-0.39, 0.29) is 17.9 Å². The molecule has 1 saturated carbocycles. The van der Waals surface area contributed by atoms with Crippen molar-refractivity contribution in [1.82, 2.24) is 24.5 Å². The molecule has 2 aromatic rings. The number of aryl methyl sites for hydroxylation is 3. The average molecular weight is 348 g/mol. The minimum atomic E-state index is 0.0637. The molecule has 1 aliphatic heterocycles. The Morgan fingerprint density at radius 1 is 1.38 bits per heavy atom. The van der Waals surface area contributed by atoms with Gasteiger partial charge in [-0.25, -0.2) is 0 Å². The van der Waals surface area contributed by atoms with Gasteiger partial charge < -0.3 is 4.90 Å². The Kier molecular flexibility index (Phi) is 3.67. The van der Waals surface area contributed by atoms with E-state index >= 15 is 0 Å². The van der Waals surface area contributed by atoms with Crippen molar-refractivity contribution in [2.24, 2.45) is 20.0 Å². The number of halogens is 1. The van der Waals surface area contributed by atoms with Gasteiger partial charge in [0.15, 0.2) is 0 Å². The van der Waals surface area contributed by atoms with E-state index in [1.165, 1.54) is 5.56 Å². The highest BCUT2D eigenvalue weighted by atomic mass is 35.5. The van der Waals surface area contributed by atoms with Crippen LogP contribution in [-0.2, 0) is 18.9 Å². The quantitative estimate of drug-likeness (QED) is 0.857. The zero-order valence-corrected chi connectivity index (χ0v) is 15.0. The molecular weight excluding hydrogens is 326 g/mol. The van der Waals surface area contributed by atoms with Crippen LogP contribution in [0.25, 0.3) is 0 Å². The van der Waals surface area contributed by atoms with E-state index in [0.717, 1.165) is 37.1 Å². The summed E-state index contributed by atoms with van der Waals surface area (Å²) in [7, 11) is 3.76. The standard InChI is InChI=1S/C17H22ClN5O/c1-10-15(16(18)22(3)20-10)14-5-4-6-23(14)17(24)13-7-12(13)11-8-19-21(2)9-11/h8-9,12-14H,4-7H2,1-3H3/t12-,13+,14+/m1/s1. The molecule has 0 aromatic carbocycles. The van der Waals surface area contributed by atoms with Crippen molar-refractivity contribution < 1.29 is 4.79 Å². The Morgan fingerprint density at radius 3 is 2.79 bits per heavy atom. The van der Waals surface area contributed by atoms with Crippen LogP contribution < -0.4 is 0 Å². The summed E-state index contributed by atoms with van der Waals surface area (Å²) in [6.07, 6.45) is 6.80. The van der Waals surface area contributed by atoms with Gasteiger partial charge in [0.2, 0.25) is 5.91 Å². The van der Waals surface area contributed by atoms with Crippen molar-refractivity contribution in [2.75, 3.05) is 6.54 Å². The van der Waals surface area contributed by atoms with Crippen LogP contribution >= 0.6 is 11.6 Å². The molecule has 0 unspecified atom stereocenters. The minimum absolute atomic E-state index is 0.0637. The normalized spacial score (nSPS) is 26.2. The lowest BCUT2D eigenvalue weighted by Gasteiger charge is -2.25. The van der Waals surface area contributed by atoms with E-state index in [0.29, 0.717) is 11.1 Å². The van der Waals surface area contributed by atoms with Crippen LogP contribution in [0.3, 0.4) is 0 Å². The summed E-state index contributed by atoms with van der Waals surface area (Å²) in [4.78, 5) is 15.1. The third kappa shape index (κ3) is 2.44. The highest BCUT2D eigenvalue weighted by molar-refractivity contribution is 6.30. The second kappa shape index (κ2) is 5.62. The second-order valence-electron chi connectivity index (χ2n) is 7.00. The highest BCUT2D eigenvalue weighted by Gasteiger charge is 2.48. The number of hydrogen-bond donors (Lipinski definition) is 0. The molecule has 0 bridgehead atoms. The first-order valence-corrected chi connectivity index (χ1v) is 8.83. The van der Waals surface area contributed by atoms with Gasteiger partial charge in [0, 0.05) is 38.3 Å². The van der Waals surface area contributed by atoms with Crippen LogP contribution in [0, 0.1) is 12.8 Å². The van der Waals surface area contributed by atoms with Crippen molar-refractivity contribution in [1.29, 1.82) is 0 Å². The number of hydrogen-bond acceptors (Lipinski definition) is 3. The van der Waals surface area contributed by atoms with Crippen molar-refractivity contribution in [3.8, 4) is 0 Å². The lowest BCUT2D eigenvalue weighted by Crippen LogP contribution is -2.32. The Bertz CT molecular complexity index is 795. The van der Waals surface area contributed by atoms with Crippen molar-refractivity contribution in [3.05, 3.63) is 34.4 Å². The molecule has 1 saturated heterocycles. The van der Waals surface area contributed by atoms with Crippen molar-refractivity contribution in [2.45, 2.75) is 38.1 Å². The largest absolute Gasteiger partial charge is 0.335 e. The first kappa shape index (κ1) is 15.7. The molecule has 3 atom stereocenters. The molecule has 24 heavy (non-hydrogen) atoms. The molecule has 1 aliphatic carbocycles. The third-order valence-corrected chi connectivity index (χ3v) is 5.77. The predicted molar refractivity (Wildman–Crippen MR) is 90.7 cm³/mol. The molecule has 2 aromatic heterocycles. The Hall–Kier alpha value is -1.82. The van der Waals surface area contributed by atoms with Gasteiger partial charge in [-0.2, -0.15) is 10.2 Å².